The number of carbonyl (C=O) groups excluding carboxylic acids is 1. The summed E-state index contributed by atoms with van der Waals surface area (Å²) in [7, 11) is 0. The first-order valence-electron chi connectivity index (χ1n) is 2.81. The highest BCUT2D eigenvalue weighted by molar-refractivity contribution is 7.96. The van der Waals surface area contributed by atoms with Crippen molar-refractivity contribution in [1.82, 2.24) is 0 Å². The molecule has 0 rings (SSSR count). The molecule has 0 spiro atoms. The first kappa shape index (κ1) is 8.58. The summed E-state index contributed by atoms with van der Waals surface area (Å²) < 4.78 is 0. The maximum absolute atomic E-state index is 10.3. The molecule has 50 valence electrons. The standard InChI is InChI=1S/C7H10OS/c1-3-4-6(2)5-7(8)9/h6H,5H2,1-2H3,(H,8,9). The Labute approximate surface area is 61.2 Å². The van der Waals surface area contributed by atoms with Gasteiger partial charge in [0.2, 0.25) is 0 Å². The van der Waals surface area contributed by atoms with Crippen molar-refractivity contribution in [2.24, 2.45) is 5.92 Å². The molecule has 1 atom stereocenters. The van der Waals surface area contributed by atoms with Gasteiger partial charge in [-0.3, -0.25) is 4.79 Å². The fraction of sp³-hybridized carbons (Fsp3) is 0.571. The summed E-state index contributed by atoms with van der Waals surface area (Å²) in [6.07, 6.45) is 0.448. The Bertz CT molecular complexity index is 152. The van der Waals surface area contributed by atoms with E-state index in [1.54, 1.807) is 6.92 Å². The molecule has 1 nitrogen and oxygen atoms in total. The van der Waals surface area contributed by atoms with Crippen molar-refractivity contribution in [1.29, 1.82) is 0 Å². The minimum atomic E-state index is -0.0924. The number of hydrogen-bond acceptors (Lipinski definition) is 1. The Morgan fingerprint density at radius 2 is 2.33 bits per heavy atom. The largest absolute Gasteiger partial charge is 0.287 e. The zero-order valence-electron chi connectivity index (χ0n) is 5.64. The fourth-order valence-corrected chi connectivity index (χ4v) is 0.833. The van der Waals surface area contributed by atoms with E-state index in [1.165, 1.54) is 0 Å². The van der Waals surface area contributed by atoms with Gasteiger partial charge in [0, 0.05) is 12.3 Å². The first-order valence-corrected chi connectivity index (χ1v) is 3.25. The molecule has 0 amide bonds. The quantitative estimate of drug-likeness (QED) is 0.456. The van der Waals surface area contributed by atoms with E-state index in [4.69, 9.17) is 0 Å². The molecule has 0 N–H and O–H groups in total. The average molecular weight is 142 g/mol. The summed E-state index contributed by atoms with van der Waals surface area (Å²) in [5.41, 5.74) is 0. The van der Waals surface area contributed by atoms with E-state index < -0.39 is 0 Å². The predicted molar refractivity (Wildman–Crippen MR) is 41.2 cm³/mol. The van der Waals surface area contributed by atoms with Crippen molar-refractivity contribution in [3.8, 4) is 11.8 Å². The van der Waals surface area contributed by atoms with Crippen molar-refractivity contribution in [2.75, 3.05) is 0 Å². The smallest absolute Gasteiger partial charge is 0.187 e. The lowest BCUT2D eigenvalue weighted by atomic mass is 10.1. The van der Waals surface area contributed by atoms with E-state index in [0.717, 1.165) is 0 Å². The van der Waals surface area contributed by atoms with Gasteiger partial charge in [-0.2, -0.15) is 0 Å². The van der Waals surface area contributed by atoms with Crippen LogP contribution < -0.4 is 0 Å². The third kappa shape index (κ3) is 5.45. The molecule has 0 fully saturated rings. The Morgan fingerprint density at radius 3 is 2.67 bits per heavy atom. The monoisotopic (exact) mass is 142 g/mol. The van der Waals surface area contributed by atoms with E-state index in [1.807, 2.05) is 6.92 Å². The van der Waals surface area contributed by atoms with Crippen molar-refractivity contribution < 1.29 is 4.79 Å². The highest BCUT2D eigenvalue weighted by atomic mass is 32.1. The van der Waals surface area contributed by atoms with Crippen molar-refractivity contribution in [3.63, 3.8) is 0 Å². The lowest BCUT2D eigenvalue weighted by Crippen LogP contribution is -1.95. The summed E-state index contributed by atoms with van der Waals surface area (Å²) in [6.45, 7) is 3.67. The molecular formula is C7H10OS. The third-order valence-electron chi connectivity index (χ3n) is 0.872. The van der Waals surface area contributed by atoms with Crippen LogP contribution in [0.3, 0.4) is 0 Å². The Kier molecular flexibility index (Phi) is 4.25. The number of carbonyl (C=O) groups is 1. The van der Waals surface area contributed by atoms with Gasteiger partial charge < -0.3 is 0 Å². The number of thiol groups is 1. The molecule has 9 heavy (non-hydrogen) atoms. The highest BCUT2D eigenvalue weighted by Crippen LogP contribution is 2.01. The van der Waals surface area contributed by atoms with Crippen LogP contribution in [0.15, 0.2) is 0 Å². The summed E-state index contributed by atoms with van der Waals surface area (Å²) in [5.74, 6) is 5.75. The molecule has 0 aliphatic carbocycles. The van der Waals surface area contributed by atoms with Crippen LogP contribution in [0.1, 0.15) is 20.3 Å². The maximum atomic E-state index is 10.3. The molecule has 0 aliphatic heterocycles. The van der Waals surface area contributed by atoms with E-state index in [2.05, 4.69) is 24.5 Å². The summed E-state index contributed by atoms with van der Waals surface area (Å²) in [6, 6.07) is 0. The van der Waals surface area contributed by atoms with E-state index in [0.29, 0.717) is 6.42 Å². The summed E-state index contributed by atoms with van der Waals surface area (Å²) in [4.78, 5) is 10.3. The van der Waals surface area contributed by atoms with E-state index >= 15 is 0 Å². The van der Waals surface area contributed by atoms with Crippen LogP contribution in [0, 0.1) is 17.8 Å². The predicted octanol–water partition coefficient (Wildman–Crippen LogP) is 1.49. The molecule has 1 unspecified atom stereocenters. The lowest BCUT2D eigenvalue weighted by Gasteiger charge is -1.95. The number of rotatable bonds is 2. The van der Waals surface area contributed by atoms with Crippen LogP contribution in [0.2, 0.25) is 0 Å². The van der Waals surface area contributed by atoms with Crippen LogP contribution in [0.25, 0.3) is 0 Å². The fourth-order valence-electron chi connectivity index (χ4n) is 0.559. The van der Waals surface area contributed by atoms with Gasteiger partial charge in [-0.15, -0.1) is 24.5 Å². The summed E-state index contributed by atoms with van der Waals surface area (Å²) in [5, 5.41) is -0.0924. The number of hydrogen-bond donors (Lipinski definition) is 1. The normalized spacial score (nSPS) is 11.4. The molecule has 0 saturated carbocycles. The molecule has 0 radical (unpaired) electrons. The van der Waals surface area contributed by atoms with Crippen molar-refractivity contribution in [3.05, 3.63) is 0 Å². The SMILES string of the molecule is CC#CC(C)CC(=O)S. The minimum Gasteiger partial charge on any atom is -0.287 e. The molecule has 0 aromatic rings. The van der Waals surface area contributed by atoms with Crippen molar-refractivity contribution >= 4 is 17.7 Å². The second-order valence-electron chi connectivity index (χ2n) is 1.89. The molecule has 0 saturated heterocycles. The Morgan fingerprint density at radius 1 is 1.78 bits per heavy atom. The van der Waals surface area contributed by atoms with Gasteiger partial charge in [-0.05, 0) is 6.92 Å². The zero-order chi connectivity index (χ0) is 7.28. The molecule has 2 heteroatoms. The second-order valence-corrected chi connectivity index (χ2v) is 2.39. The first-order chi connectivity index (χ1) is 4.16. The zero-order valence-corrected chi connectivity index (χ0v) is 6.53. The Hall–Kier alpha value is -0.420. The average Bonchev–Trinajstić information content (AvgIpc) is 1.63. The lowest BCUT2D eigenvalue weighted by molar-refractivity contribution is -0.111. The van der Waals surface area contributed by atoms with Gasteiger partial charge in [-0.25, -0.2) is 0 Å². The summed E-state index contributed by atoms with van der Waals surface area (Å²) >= 11 is 3.62. The van der Waals surface area contributed by atoms with Crippen LogP contribution in [0.5, 0.6) is 0 Å². The molecule has 0 heterocycles. The second kappa shape index (κ2) is 4.46. The minimum absolute atomic E-state index is 0.0924. The van der Waals surface area contributed by atoms with Gasteiger partial charge in [-0.1, -0.05) is 6.92 Å². The highest BCUT2D eigenvalue weighted by Gasteiger charge is 1.99. The van der Waals surface area contributed by atoms with Crippen LogP contribution in [-0.4, -0.2) is 5.12 Å². The molecular weight excluding hydrogens is 132 g/mol. The van der Waals surface area contributed by atoms with Gasteiger partial charge in [0.25, 0.3) is 0 Å². The van der Waals surface area contributed by atoms with Crippen LogP contribution >= 0.6 is 12.6 Å². The third-order valence-corrected chi connectivity index (χ3v) is 1.05. The van der Waals surface area contributed by atoms with Gasteiger partial charge in [0.05, 0.1) is 0 Å². The van der Waals surface area contributed by atoms with E-state index in [9.17, 15) is 4.79 Å². The topological polar surface area (TPSA) is 17.1 Å². The molecule has 0 aromatic heterocycles. The molecule has 0 aromatic carbocycles. The Balaban J connectivity index is 3.59. The van der Waals surface area contributed by atoms with Gasteiger partial charge >= 0.3 is 0 Å². The molecule has 0 aliphatic rings. The maximum Gasteiger partial charge on any atom is 0.187 e. The van der Waals surface area contributed by atoms with Crippen LogP contribution in [0.4, 0.5) is 0 Å². The molecule has 0 bridgehead atoms. The van der Waals surface area contributed by atoms with E-state index in [-0.39, 0.29) is 11.0 Å². The van der Waals surface area contributed by atoms with Crippen LogP contribution in [-0.2, 0) is 4.79 Å². The van der Waals surface area contributed by atoms with Crippen molar-refractivity contribution in [2.45, 2.75) is 20.3 Å². The van der Waals surface area contributed by atoms with Gasteiger partial charge in [0.1, 0.15) is 0 Å². The van der Waals surface area contributed by atoms with Gasteiger partial charge in [0.15, 0.2) is 5.12 Å².